The van der Waals surface area contributed by atoms with E-state index >= 15 is 0 Å². The zero-order valence-corrected chi connectivity index (χ0v) is 34.9. The maximum atomic E-state index is 2.92. The maximum Gasteiger partial charge on any atom is 0.0153 e. The summed E-state index contributed by atoms with van der Waals surface area (Å²) in [6.45, 7) is 14.8. The molecule has 1 nitrogen and oxygen atoms in total. The number of rotatable bonds is 42. The van der Waals surface area contributed by atoms with E-state index in [0.717, 1.165) is 0 Å². The van der Waals surface area contributed by atoms with Crippen molar-refractivity contribution in [2.75, 3.05) is 13.1 Å². The lowest BCUT2D eigenvalue weighted by Crippen LogP contribution is -2.45. The van der Waals surface area contributed by atoms with Crippen LogP contribution < -0.4 is 0 Å². The molecule has 0 spiro atoms. The minimum absolute atomic E-state index is 0.371. The van der Waals surface area contributed by atoms with E-state index in [1.807, 2.05) is 0 Å². The second kappa shape index (κ2) is 39.7. The van der Waals surface area contributed by atoms with Crippen molar-refractivity contribution < 1.29 is 0 Å². The van der Waals surface area contributed by atoms with E-state index in [9.17, 15) is 0 Å². The lowest BCUT2D eigenvalue weighted by Gasteiger charge is -2.39. The van der Waals surface area contributed by atoms with Gasteiger partial charge in [-0.15, -0.1) is 0 Å². The third-order valence-electron chi connectivity index (χ3n) is 11.6. The SMILES string of the molecule is CCCCCCCCCCCCCCCCCCN(CCCCCCCCCCCCCCCCCC)C(C)(C)CCCCCCCC. The van der Waals surface area contributed by atoms with E-state index < -0.39 is 0 Å². The zero-order valence-electron chi connectivity index (χ0n) is 34.9. The van der Waals surface area contributed by atoms with Gasteiger partial charge in [0.15, 0.2) is 0 Å². The number of nitrogens with zero attached hydrogens (tertiary/aromatic N) is 1. The molecule has 0 aliphatic rings. The van der Waals surface area contributed by atoms with Crippen molar-refractivity contribution in [3.63, 3.8) is 0 Å². The summed E-state index contributed by atoms with van der Waals surface area (Å²) in [6, 6.07) is 0. The third-order valence-corrected chi connectivity index (χ3v) is 11.6. The highest BCUT2D eigenvalue weighted by molar-refractivity contribution is 4.81. The molecule has 0 saturated carbocycles. The van der Waals surface area contributed by atoms with E-state index in [1.54, 1.807) is 0 Å². The van der Waals surface area contributed by atoms with Crippen LogP contribution in [0, 0.1) is 0 Å². The molecule has 0 aromatic heterocycles. The lowest BCUT2D eigenvalue weighted by atomic mass is 9.93. The first-order chi connectivity index (χ1) is 23.6. The Kier molecular flexibility index (Phi) is 39.7. The van der Waals surface area contributed by atoms with Crippen LogP contribution in [0.3, 0.4) is 0 Å². The highest BCUT2D eigenvalue weighted by atomic mass is 15.2. The summed E-state index contributed by atoms with van der Waals surface area (Å²) >= 11 is 0. The molecule has 48 heavy (non-hydrogen) atoms. The summed E-state index contributed by atoms with van der Waals surface area (Å²) in [4.78, 5) is 2.92. The van der Waals surface area contributed by atoms with Crippen LogP contribution in [0.5, 0.6) is 0 Å². The molecule has 290 valence electrons. The van der Waals surface area contributed by atoms with Crippen molar-refractivity contribution in [3.05, 3.63) is 0 Å². The largest absolute Gasteiger partial charge is 0.298 e. The van der Waals surface area contributed by atoms with Gasteiger partial charge in [0, 0.05) is 5.54 Å². The molecular weight excluding hydrogens is 579 g/mol. The minimum Gasteiger partial charge on any atom is -0.298 e. The van der Waals surface area contributed by atoms with Gasteiger partial charge in [-0.1, -0.05) is 252 Å². The van der Waals surface area contributed by atoms with Crippen LogP contribution in [-0.2, 0) is 0 Å². The van der Waals surface area contributed by atoms with Crippen LogP contribution in [0.4, 0.5) is 0 Å². The van der Waals surface area contributed by atoms with Crippen LogP contribution in [0.25, 0.3) is 0 Å². The van der Waals surface area contributed by atoms with Crippen LogP contribution >= 0.6 is 0 Å². The molecule has 0 aliphatic heterocycles. The molecular formula is C47H97N. The van der Waals surface area contributed by atoms with Crippen molar-refractivity contribution in [1.82, 2.24) is 4.90 Å². The maximum absolute atomic E-state index is 2.92. The Morgan fingerprint density at radius 2 is 0.438 bits per heavy atom. The van der Waals surface area contributed by atoms with Gasteiger partial charge >= 0.3 is 0 Å². The van der Waals surface area contributed by atoms with Crippen LogP contribution in [-0.4, -0.2) is 23.5 Å². The molecule has 0 heterocycles. The molecule has 0 fully saturated rings. The van der Waals surface area contributed by atoms with Gasteiger partial charge in [-0.3, -0.25) is 4.90 Å². The zero-order chi connectivity index (χ0) is 35.1. The van der Waals surface area contributed by atoms with E-state index in [4.69, 9.17) is 0 Å². The smallest absolute Gasteiger partial charge is 0.0153 e. The number of unbranched alkanes of at least 4 members (excludes halogenated alkanes) is 35. The summed E-state index contributed by atoms with van der Waals surface area (Å²) < 4.78 is 0. The van der Waals surface area contributed by atoms with Crippen molar-refractivity contribution in [2.45, 2.75) is 291 Å². The molecule has 0 aromatic carbocycles. The normalized spacial score (nSPS) is 12.1. The second-order valence-electron chi connectivity index (χ2n) is 16.9. The molecule has 0 rings (SSSR count). The molecule has 0 N–H and O–H groups in total. The first kappa shape index (κ1) is 48.0. The number of hydrogen-bond acceptors (Lipinski definition) is 1. The molecule has 0 amide bonds. The Labute approximate surface area is 307 Å². The standard InChI is InChI=1S/C47H97N/c1-6-9-12-15-18-20-22-24-26-28-30-32-34-36-39-42-45-48(47(4,5)44-41-38-17-14-11-8-3)46-43-40-37-35-33-31-29-27-25-23-21-19-16-13-10-7-2/h6-46H2,1-5H3. The van der Waals surface area contributed by atoms with Crippen molar-refractivity contribution >= 4 is 0 Å². The van der Waals surface area contributed by atoms with E-state index in [-0.39, 0.29) is 0 Å². The van der Waals surface area contributed by atoms with Gasteiger partial charge in [0.1, 0.15) is 0 Å². The average molecular weight is 676 g/mol. The Morgan fingerprint density at radius 1 is 0.250 bits per heavy atom. The van der Waals surface area contributed by atoms with E-state index in [2.05, 4.69) is 39.5 Å². The van der Waals surface area contributed by atoms with Crippen molar-refractivity contribution in [3.8, 4) is 0 Å². The molecule has 0 bridgehead atoms. The fourth-order valence-electron chi connectivity index (χ4n) is 7.91. The summed E-state index contributed by atoms with van der Waals surface area (Å²) in [6.07, 6.45) is 56.7. The van der Waals surface area contributed by atoms with Gasteiger partial charge in [0.05, 0.1) is 0 Å². The lowest BCUT2D eigenvalue weighted by molar-refractivity contribution is 0.102. The predicted molar refractivity (Wildman–Crippen MR) is 223 cm³/mol. The third kappa shape index (κ3) is 35.8. The topological polar surface area (TPSA) is 3.24 Å². The average Bonchev–Trinajstić information content (AvgIpc) is 3.08. The molecule has 0 radical (unpaired) electrons. The van der Waals surface area contributed by atoms with Gasteiger partial charge in [0.25, 0.3) is 0 Å². The highest BCUT2D eigenvalue weighted by Gasteiger charge is 2.25. The molecule has 0 atom stereocenters. The summed E-state index contributed by atoms with van der Waals surface area (Å²) in [5.74, 6) is 0. The monoisotopic (exact) mass is 676 g/mol. The molecule has 0 unspecified atom stereocenters. The van der Waals surface area contributed by atoms with E-state index in [0.29, 0.717) is 5.54 Å². The van der Waals surface area contributed by atoms with E-state index in [1.165, 1.54) is 264 Å². The Balaban J connectivity index is 4.03. The van der Waals surface area contributed by atoms with Crippen LogP contribution in [0.2, 0.25) is 0 Å². The molecule has 0 saturated heterocycles. The Hall–Kier alpha value is -0.0400. The van der Waals surface area contributed by atoms with Gasteiger partial charge in [-0.05, 0) is 46.2 Å². The van der Waals surface area contributed by atoms with Gasteiger partial charge in [0.2, 0.25) is 0 Å². The second-order valence-corrected chi connectivity index (χ2v) is 16.9. The summed E-state index contributed by atoms with van der Waals surface area (Å²) in [5.41, 5.74) is 0.371. The minimum atomic E-state index is 0.371. The summed E-state index contributed by atoms with van der Waals surface area (Å²) in [5, 5.41) is 0. The summed E-state index contributed by atoms with van der Waals surface area (Å²) in [7, 11) is 0. The van der Waals surface area contributed by atoms with Gasteiger partial charge in [-0.25, -0.2) is 0 Å². The fraction of sp³-hybridized carbons (Fsp3) is 1.00. The first-order valence-corrected chi connectivity index (χ1v) is 23.3. The first-order valence-electron chi connectivity index (χ1n) is 23.3. The highest BCUT2D eigenvalue weighted by Crippen LogP contribution is 2.25. The van der Waals surface area contributed by atoms with Crippen LogP contribution in [0.15, 0.2) is 0 Å². The number of hydrogen-bond donors (Lipinski definition) is 0. The fourth-order valence-corrected chi connectivity index (χ4v) is 7.91. The Bertz CT molecular complexity index is 531. The molecule has 1 heteroatoms. The molecule has 0 aromatic rings. The molecule has 0 aliphatic carbocycles. The predicted octanol–water partition coefficient (Wildman–Crippen LogP) is 17.3. The Morgan fingerprint density at radius 3 is 0.667 bits per heavy atom. The van der Waals surface area contributed by atoms with Gasteiger partial charge in [-0.2, -0.15) is 0 Å². The van der Waals surface area contributed by atoms with Crippen LogP contribution in [0.1, 0.15) is 285 Å². The van der Waals surface area contributed by atoms with Gasteiger partial charge < -0.3 is 0 Å². The van der Waals surface area contributed by atoms with Crippen molar-refractivity contribution in [2.24, 2.45) is 0 Å². The quantitative estimate of drug-likeness (QED) is 0.0582. The van der Waals surface area contributed by atoms with Crippen molar-refractivity contribution in [1.29, 1.82) is 0 Å².